The van der Waals surface area contributed by atoms with Gasteiger partial charge in [0.15, 0.2) is 0 Å². The minimum Gasteiger partial charge on any atom is -0.166 e. The first-order chi connectivity index (χ1) is 13.5. The van der Waals surface area contributed by atoms with Crippen molar-refractivity contribution in [3.63, 3.8) is 0 Å². The Morgan fingerprint density at radius 3 is 2.18 bits per heavy atom. The Labute approximate surface area is 165 Å². The van der Waals surface area contributed by atoms with E-state index in [0.29, 0.717) is 11.8 Å². The highest BCUT2D eigenvalue weighted by atomic mass is 19.4. The summed E-state index contributed by atoms with van der Waals surface area (Å²) in [6.45, 7) is 2.18. The molecule has 0 radical (unpaired) electrons. The number of alkyl halides is 3. The number of allylic oxidation sites excluding steroid dienone is 2. The normalized spacial score (nSPS) is 22.1. The largest absolute Gasteiger partial charge is 0.416 e. The summed E-state index contributed by atoms with van der Waals surface area (Å²) >= 11 is 0. The molecule has 0 N–H and O–H groups in total. The van der Waals surface area contributed by atoms with E-state index in [9.17, 15) is 13.2 Å². The van der Waals surface area contributed by atoms with E-state index in [0.717, 1.165) is 44.1 Å². The minimum atomic E-state index is -4.26. The predicted octanol–water partition coefficient (Wildman–Crippen LogP) is 7.05. The second-order valence-electron chi connectivity index (χ2n) is 8.24. The van der Waals surface area contributed by atoms with Gasteiger partial charge in [0.2, 0.25) is 0 Å². The lowest BCUT2D eigenvalue weighted by Gasteiger charge is -2.31. The fourth-order valence-electron chi connectivity index (χ4n) is 4.92. The Kier molecular flexibility index (Phi) is 5.35. The van der Waals surface area contributed by atoms with E-state index in [-0.39, 0.29) is 0 Å². The smallest absolute Gasteiger partial charge is 0.166 e. The Bertz CT molecular complexity index is 859. The van der Waals surface area contributed by atoms with Crippen molar-refractivity contribution < 1.29 is 13.2 Å². The van der Waals surface area contributed by atoms with Crippen LogP contribution >= 0.6 is 0 Å². The van der Waals surface area contributed by atoms with E-state index in [1.165, 1.54) is 35.2 Å². The zero-order valence-electron chi connectivity index (χ0n) is 16.4. The molecule has 0 aromatic heterocycles. The van der Waals surface area contributed by atoms with Gasteiger partial charge in [0.05, 0.1) is 5.56 Å². The van der Waals surface area contributed by atoms with E-state index in [1.807, 2.05) is 0 Å². The second kappa shape index (κ2) is 7.77. The number of benzene rings is 2. The Morgan fingerprint density at radius 1 is 0.893 bits per heavy atom. The molecule has 28 heavy (non-hydrogen) atoms. The molecule has 2 atom stereocenters. The van der Waals surface area contributed by atoms with Crippen LogP contribution in [0.1, 0.15) is 65.5 Å². The monoisotopic (exact) mass is 384 g/mol. The molecular weight excluding hydrogens is 357 g/mol. The van der Waals surface area contributed by atoms with Crippen molar-refractivity contribution in [3.05, 3.63) is 81.9 Å². The lowest BCUT2D eigenvalue weighted by Crippen LogP contribution is -2.20. The first-order valence-electron chi connectivity index (χ1n) is 10.4. The Morgan fingerprint density at radius 2 is 1.54 bits per heavy atom. The summed E-state index contributed by atoms with van der Waals surface area (Å²) in [7, 11) is 0. The van der Waals surface area contributed by atoms with Gasteiger partial charge in [-0.2, -0.15) is 13.2 Å². The first-order valence-corrected chi connectivity index (χ1v) is 10.4. The molecule has 2 aliphatic carbocycles. The molecule has 0 amide bonds. The summed E-state index contributed by atoms with van der Waals surface area (Å²) in [5.41, 5.74) is 6.46. The van der Waals surface area contributed by atoms with Crippen molar-refractivity contribution in [2.75, 3.05) is 0 Å². The highest BCUT2D eigenvalue weighted by Crippen LogP contribution is 2.39. The van der Waals surface area contributed by atoms with Gasteiger partial charge in [0.25, 0.3) is 0 Å². The highest BCUT2D eigenvalue weighted by molar-refractivity contribution is 5.46. The van der Waals surface area contributed by atoms with Crippen molar-refractivity contribution in [1.29, 1.82) is 0 Å². The highest BCUT2D eigenvalue weighted by Gasteiger charge is 2.31. The summed E-state index contributed by atoms with van der Waals surface area (Å²) in [6, 6.07) is 10.4. The van der Waals surface area contributed by atoms with E-state index in [1.54, 1.807) is 17.7 Å². The van der Waals surface area contributed by atoms with Crippen molar-refractivity contribution in [2.45, 2.75) is 64.0 Å². The van der Waals surface area contributed by atoms with Crippen molar-refractivity contribution in [3.8, 4) is 0 Å². The molecule has 3 heteroatoms. The number of hydrogen-bond acceptors (Lipinski definition) is 0. The molecular formula is C25H27F3. The molecule has 0 nitrogen and oxygen atoms in total. The van der Waals surface area contributed by atoms with Gasteiger partial charge >= 0.3 is 6.18 Å². The third-order valence-electron chi connectivity index (χ3n) is 6.43. The molecule has 2 aromatic carbocycles. The number of fused-ring (bicyclic) bond motifs is 3. The molecule has 0 saturated carbocycles. The van der Waals surface area contributed by atoms with Gasteiger partial charge in [0.1, 0.15) is 0 Å². The van der Waals surface area contributed by atoms with Gasteiger partial charge in [-0.15, -0.1) is 0 Å². The fraction of sp³-hybridized carbons (Fsp3) is 0.440. The summed E-state index contributed by atoms with van der Waals surface area (Å²) in [5, 5.41) is 0. The SMILES string of the molecule is CC/C=C/[C@H]1CCc2c(ccc3c2CC[C@H](c2ccc(C(F)(F)F)cc2)C3)C1. The van der Waals surface area contributed by atoms with Crippen LogP contribution in [0.2, 0.25) is 0 Å². The molecule has 0 heterocycles. The third kappa shape index (κ3) is 3.90. The van der Waals surface area contributed by atoms with Gasteiger partial charge in [0, 0.05) is 0 Å². The van der Waals surface area contributed by atoms with E-state index in [2.05, 4.69) is 31.2 Å². The van der Waals surface area contributed by atoms with Crippen LogP contribution in [0, 0.1) is 5.92 Å². The number of rotatable bonds is 3. The predicted molar refractivity (Wildman–Crippen MR) is 108 cm³/mol. The number of halogens is 3. The van der Waals surface area contributed by atoms with Crippen LogP contribution in [0.25, 0.3) is 0 Å². The van der Waals surface area contributed by atoms with Crippen LogP contribution < -0.4 is 0 Å². The maximum Gasteiger partial charge on any atom is 0.416 e. The maximum absolute atomic E-state index is 12.8. The lowest BCUT2D eigenvalue weighted by atomic mass is 9.74. The van der Waals surface area contributed by atoms with Gasteiger partial charge in [-0.3, -0.25) is 0 Å². The van der Waals surface area contributed by atoms with E-state index in [4.69, 9.17) is 0 Å². The molecule has 4 rings (SSSR count). The Balaban J connectivity index is 1.52. The minimum absolute atomic E-state index is 0.316. The standard InChI is InChI=1S/C25H27F3/c1-2-3-4-17-5-13-23-20(15-17)6-7-21-16-19(10-14-24(21)23)18-8-11-22(12-9-18)25(26,27)28/h3-4,6-9,11-12,17,19H,2,5,10,13-16H2,1H3/b4-3+/t17-,19-/m0/s1. The molecule has 148 valence electrons. The van der Waals surface area contributed by atoms with Gasteiger partial charge in [-0.05, 0) is 96.7 Å². The number of hydrogen-bond donors (Lipinski definition) is 0. The van der Waals surface area contributed by atoms with Gasteiger partial charge in [-0.1, -0.05) is 43.3 Å². The Hall–Kier alpha value is -2.03. The summed E-state index contributed by atoms with van der Waals surface area (Å²) in [4.78, 5) is 0. The van der Waals surface area contributed by atoms with Gasteiger partial charge in [-0.25, -0.2) is 0 Å². The van der Waals surface area contributed by atoms with Crippen molar-refractivity contribution >= 4 is 0 Å². The first kappa shape index (κ1) is 19.3. The average Bonchev–Trinajstić information content (AvgIpc) is 2.71. The molecule has 0 fully saturated rings. The van der Waals surface area contributed by atoms with E-state index < -0.39 is 11.7 Å². The summed E-state index contributed by atoms with van der Waals surface area (Å²) < 4.78 is 38.4. The van der Waals surface area contributed by atoms with Crippen LogP contribution in [0.15, 0.2) is 48.6 Å². The van der Waals surface area contributed by atoms with Crippen LogP contribution in [0.3, 0.4) is 0 Å². The third-order valence-corrected chi connectivity index (χ3v) is 6.43. The molecule has 2 aliphatic rings. The zero-order chi connectivity index (χ0) is 19.7. The van der Waals surface area contributed by atoms with Crippen LogP contribution in [-0.2, 0) is 31.9 Å². The van der Waals surface area contributed by atoms with Crippen molar-refractivity contribution in [1.82, 2.24) is 0 Å². The quantitative estimate of drug-likeness (QED) is 0.497. The lowest BCUT2D eigenvalue weighted by molar-refractivity contribution is -0.137. The molecule has 0 aliphatic heterocycles. The van der Waals surface area contributed by atoms with Crippen LogP contribution in [0.5, 0.6) is 0 Å². The summed E-state index contributed by atoms with van der Waals surface area (Å²) in [5.74, 6) is 0.977. The summed E-state index contributed by atoms with van der Waals surface area (Å²) in [6.07, 6.45) is 8.01. The van der Waals surface area contributed by atoms with Crippen LogP contribution in [-0.4, -0.2) is 0 Å². The van der Waals surface area contributed by atoms with Crippen molar-refractivity contribution in [2.24, 2.45) is 5.92 Å². The zero-order valence-corrected chi connectivity index (χ0v) is 16.4. The molecule has 0 unspecified atom stereocenters. The topological polar surface area (TPSA) is 0 Å². The maximum atomic E-state index is 12.8. The van der Waals surface area contributed by atoms with Crippen LogP contribution in [0.4, 0.5) is 13.2 Å². The fourth-order valence-corrected chi connectivity index (χ4v) is 4.92. The molecule has 0 spiro atoms. The molecule has 0 bridgehead atoms. The molecule has 0 saturated heterocycles. The molecule has 2 aromatic rings. The second-order valence-corrected chi connectivity index (χ2v) is 8.24. The average molecular weight is 384 g/mol. The van der Waals surface area contributed by atoms with Gasteiger partial charge < -0.3 is 0 Å². The van der Waals surface area contributed by atoms with E-state index >= 15 is 0 Å².